The van der Waals surface area contributed by atoms with Crippen molar-refractivity contribution in [2.45, 2.75) is 6.42 Å². The van der Waals surface area contributed by atoms with E-state index >= 15 is 0 Å². The number of hydrogen-bond donors (Lipinski definition) is 3. The van der Waals surface area contributed by atoms with Gasteiger partial charge in [-0.25, -0.2) is 4.98 Å². The Labute approximate surface area is 97.7 Å². The van der Waals surface area contributed by atoms with Crippen LogP contribution in [0.25, 0.3) is 0 Å². The van der Waals surface area contributed by atoms with E-state index in [9.17, 15) is 4.79 Å². The number of anilines is 2. The summed E-state index contributed by atoms with van der Waals surface area (Å²) in [6, 6.07) is 1.94. The van der Waals surface area contributed by atoms with Gasteiger partial charge in [0, 0.05) is 26.2 Å². The molecular formula is C10H14N6O. The Morgan fingerprint density at radius 1 is 1.59 bits per heavy atom. The van der Waals surface area contributed by atoms with Crippen molar-refractivity contribution in [1.29, 1.82) is 0 Å². The second kappa shape index (κ2) is 4.69. The average molecular weight is 234 g/mol. The third-order valence-corrected chi connectivity index (χ3v) is 2.33. The van der Waals surface area contributed by atoms with Gasteiger partial charge in [-0.1, -0.05) is 0 Å². The Morgan fingerprint density at radius 3 is 3.12 bits per heavy atom. The van der Waals surface area contributed by atoms with Crippen LogP contribution >= 0.6 is 0 Å². The Morgan fingerprint density at radius 2 is 2.41 bits per heavy atom. The van der Waals surface area contributed by atoms with E-state index in [-0.39, 0.29) is 11.2 Å². The number of nitrogens with two attached hydrogens (primary N) is 1. The Kier molecular flexibility index (Phi) is 3.08. The molecule has 2 rings (SSSR count). The van der Waals surface area contributed by atoms with Gasteiger partial charge in [0.25, 0.3) is 5.56 Å². The Balaban J connectivity index is 1.94. The molecule has 90 valence electrons. The molecule has 2 aromatic rings. The summed E-state index contributed by atoms with van der Waals surface area (Å²) in [6.45, 7) is 0.623. The molecule has 7 nitrogen and oxygen atoms in total. The number of H-pyrrole nitrogens is 1. The predicted octanol–water partition coefficient (Wildman–Crippen LogP) is -0.260. The highest BCUT2D eigenvalue weighted by atomic mass is 16.1. The smallest absolute Gasteiger partial charge is 0.276 e. The molecule has 17 heavy (non-hydrogen) atoms. The Bertz CT molecular complexity index is 558. The van der Waals surface area contributed by atoms with Gasteiger partial charge in [-0.15, -0.1) is 0 Å². The van der Waals surface area contributed by atoms with Crippen LogP contribution < -0.4 is 16.6 Å². The predicted molar refractivity (Wildman–Crippen MR) is 64.7 cm³/mol. The molecule has 0 bridgehead atoms. The maximum Gasteiger partial charge on any atom is 0.276 e. The molecule has 0 aliphatic carbocycles. The van der Waals surface area contributed by atoms with Gasteiger partial charge in [-0.2, -0.15) is 5.10 Å². The lowest BCUT2D eigenvalue weighted by molar-refractivity contribution is 0.742. The van der Waals surface area contributed by atoms with Crippen molar-refractivity contribution in [3.8, 4) is 0 Å². The second-order valence-corrected chi connectivity index (χ2v) is 3.65. The molecule has 4 N–H and O–H groups in total. The van der Waals surface area contributed by atoms with Crippen molar-refractivity contribution >= 4 is 11.5 Å². The molecule has 0 unspecified atom stereocenters. The fourth-order valence-corrected chi connectivity index (χ4v) is 1.46. The monoisotopic (exact) mass is 234 g/mol. The van der Waals surface area contributed by atoms with E-state index in [1.807, 2.05) is 19.3 Å². The first-order valence-corrected chi connectivity index (χ1v) is 5.22. The van der Waals surface area contributed by atoms with Crippen molar-refractivity contribution in [3.05, 3.63) is 34.6 Å². The molecule has 0 saturated heterocycles. The van der Waals surface area contributed by atoms with Crippen LogP contribution in [0.3, 0.4) is 0 Å². The minimum atomic E-state index is -0.333. The highest BCUT2D eigenvalue weighted by molar-refractivity contribution is 5.58. The van der Waals surface area contributed by atoms with Crippen LogP contribution in [0.4, 0.5) is 11.5 Å². The maximum atomic E-state index is 11.2. The molecule has 2 aromatic heterocycles. The molecule has 0 aliphatic rings. The standard InChI is InChI=1S/C10H14N6O/c1-16-5-3-7(15-16)2-4-12-9-8(11)10(17)14-6-13-9/h3,5-6H,2,4,11H2,1H3,(H2,12,13,14,17). The quantitative estimate of drug-likeness (QED) is 0.676. The van der Waals surface area contributed by atoms with Crippen molar-refractivity contribution < 1.29 is 0 Å². The van der Waals surface area contributed by atoms with Crippen LogP contribution in [0.2, 0.25) is 0 Å². The molecule has 0 spiro atoms. The first-order chi connectivity index (χ1) is 8.16. The normalized spacial score (nSPS) is 10.4. The molecule has 0 saturated carbocycles. The largest absolute Gasteiger partial charge is 0.391 e. The number of nitrogens with zero attached hydrogens (tertiary/aromatic N) is 3. The molecule has 0 aliphatic heterocycles. The number of aromatic amines is 1. The molecule has 0 amide bonds. The summed E-state index contributed by atoms with van der Waals surface area (Å²) >= 11 is 0. The summed E-state index contributed by atoms with van der Waals surface area (Å²) in [5.74, 6) is 0.407. The topological polar surface area (TPSA) is 102 Å². The van der Waals surface area contributed by atoms with Crippen molar-refractivity contribution in [3.63, 3.8) is 0 Å². The highest BCUT2D eigenvalue weighted by Crippen LogP contribution is 2.07. The third-order valence-electron chi connectivity index (χ3n) is 2.33. The summed E-state index contributed by atoms with van der Waals surface area (Å²) in [4.78, 5) is 17.6. The molecule has 7 heteroatoms. The van der Waals surface area contributed by atoms with Gasteiger partial charge < -0.3 is 16.0 Å². The van der Waals surface area contributed by atoms with E-state index < -0.39 is 0 Å². The van der Waals surface area contributed by atoms with Crippen LogP contribution in [0, 0.1) is 0 Å². The zero-order valence-electron chi connectivity index (χ0n) is 9.47. The first-order valence-electron chi connectivity index (χ1n) is 5.22. The van der Waals surface area contributed by atoms with Crippen LogP contribution in [0.1, 0.15) is 5.69 Å². The van der Waals surface area contributed by atoms with E-state index in [4.69, 9.17) is 5.73 Å². The van der Waals surface area contributed by atoms with Crippen molar-refractivity contribution in [2.75, 3.05) is 17.6 Å². The number of nitrogen functional groups attached to an aromatic ring is 1. The summed E-state index contributed by atoms with van der Waals surface area (Å²) in [5.41, 5.74) is 6.33. The average Bonchev–Trinajstić information content (AvgIpc) is 2.70. The zero-order chi connectivity index (χ0) is 12.3. The van der Waals surface area contributed by atoms with Gasteiger partial charge in [0.2, 0.25) is 0 Å². The van der Waals surface area contributed by atoms with E-state index in [0.29, 0.717) is 12.4 Å². The van der Waals surface area contributed by atoms with Crippen LogP contribution in [0.5, 0.6) is 0 Å². The molecule has 0 radical (unpaired) electrons. The van der Waals surface area contributed by atoms with E-state index in [0.717, 1.165) is 12.1 Å². The van der Waals surface area contributed by atoms with Crippen LogP contribution in [0.15, 0.2) is 23.4 Å². The highest BCUT2D eigenvalue weighted by Gasteiger charge is 2.03. The molecular weight excluding hydrogens is 220 g/mol. The molecule has 0 atom stereocenters. The lowest BCUT2D eigenvalue weighted by Gasteiger charge is -2.05. The summed E-state index contributed by atoms with van der Waals surface area (Å²) in [7, 11) is 1.87. The van der Waals surface area contributed by atoms with Crippen molar-refractivity contribution in [1.82, 2.24) is 19.7 Å². The van der Waals surface area contributed by atoms with Gasteiger partial charge in [0.05, 0.1) is 12.0 Å². The molecule has 2 heterocycles. The third kappa shape index (κ3) is 2.63. The maximum absolute atomic E-state index is 11.2. The molecule has 0 aromatic carbocycles. The fourth-order valence-electron chi connectivity index (χ4n) is 1.46. The SMILES string of the molecule is Cn1ccc(CCNc2nc[nH]c(=O)c2N)n1. The van der Waals surface area contributed by atoms with Crippen LogP contribution in [-0.2, 0) is 13.5 Å². The summed E-state index contributed by atoms with van der Waals surface area (Å²) in [6.07, 6.45) is 3.95. The van der Waals surface area contributed by atoms with E-state index in [1.54, 1.807) is 4.68 Å². The minimum absolute atomic E-state index is 0.105. The first kappa shape index (κ1) is 11.2. The second-order valence-electron chi connectivity index (χ2n) is 3.65. The lowest BCUT2D eigenvalue weighted by Crippen LogP contribution is -2.17. The van der Waals surface area contributed by atoms with Gasteiger partial charge in [0.1, 0.15) is 5.69 Å². The zero-order valence-corrected chi connectivity index (χ0v) is 9.47. The van der Waals surface area contributed by atoms with Crippen LogP contribution in [-0.4, -0.2) is 26.3 Å². The molecule has 0 fully saturated rings. The summed E-state index contributed by atoms with van der Waals surface area (Å²) in [5, 5.41) is 7.25. The van der Waals surface area contributed by atoms with Gasteiger partial charge in [-0.3, -0.25) is 9.48 Å². The number of nitrogens with one attached hydrogen (secondary N) is 2. The Hall–Kier alpha value is -2.31. The summed E-state index contributed by atoms with van der Waals surface area (Å²) < 4.78 is 1.75. The van der Waals surface area contributed by atoms with Gasteiger partial charge in [0.15, 0.2) is 5.82 Å². The van der Waals surface area contributed by atoms with E-state index in [1.165, 1.54) is 6.33 Å². The lowest BCUT2D eigenvalue weighted by atomic mass is 10.3. The van der Waals surface area contributed by atoms with Crippen molar-refractivity contribution in [2.24, 2.45) is 7.05 Å². The van der Waals surface area contributed by atoms with E-state index in [2.05, 4.69) is 20.4 Å². The number of aryl methyl sites for hydroxylation is 1. The minimum Gasteiger partial charge on any atom is -0.391 e. The number of aromatic nitrogens is 4. The number of hydrogen-bond acceptors (Lipinski definition) is 5. The van der Waals surface area contributed by atoms with Gasteiger partial charge in [-0.05, 0) is 6.07 Å². The van der Waals surface area contributed by atoms with Gasteiger partial charge >= 0.3 is 0 Å². The fraction of sp³-hybridized carbons (Fsp3) is 0.300. The number of rotatable bonds is 4.